The topological polar surface area (TPSA) is 161 Å². The molecule has 0 saturated carbocycles. The molecule has 0 atom stereocenters. The van der Waals surface area contributed by atoms with Crippen LogP contribution in [0.2, 0.25) is 0 Å². The number of ether oxygens (including phenoxy) is 4. The second-order valence-corrected chi connectivity index (χ2v) is 9.18. The number of aliphatic carboxylic acids is 1. The van der Waals surface area contributed by atoms with Crippen LogP contribution in [0, 0.1) is 6.92 Å². The number of hydrogen-bond donors (Lipinski definition) is 3. The first-order chi connectivity index (χ1) is 20.5. The Kier molecular flexibility index (Phi) is 9.82. The first-order valence-corrected chi connectivity index (χ1v) is 12.9. The van der Waals surface area contributed by atoms with Gasteiger partial charge in [-0.2, -0.15) is 13.2 Å². The second-order valence-electron chi connectivity index (χ2n) is 9.18. The summed E-state index contributed by atoms with van der Waals surface area (Å²) in [6, 6.07) is 8.90. The number of nitrogens with zero attached hydrogens (tertiary/aromatic N) is 4. The first-order valence-electron chi connectivity index (χ1n) is 12.9. The number of carboxylic acid groups (broad SMARTS) is 1. The minimum Gasteiger partial charge on any atom is -0.497 e. The van der Waals surface area contributed by atoms with Crippen molar-refractivity contribution in [2.45, 2.75) is 13.1 Å². The van der Waals surface area contributed by atoms with Gasteiger partial charge in [-0.15, -0.1) is 0 Å². The van der Waals surface area contributed by atoms with Crippen LogP contribution < -0.4 is 25.1 Å². The maximum atomic E-state index is 12.8. The number of alkyl halides is 3. The van der Waals surface area contributed by atoms with E-state index in [-0.39, 0.29) is 17.5 Å². The van der Waals surface area contributed by atoms with Gasteiger partial charge in [0.15, 0.2) is 0 Å². The molecule has 0 bridgehead atoms. The zero-order valence-corrected chi connectivity index (χ0v) is 23.4. The summed E-state index contributed by atoms with van der Waals surface area (Å²) in [5.74, 6) is -0.406. The van der Waals surface area contributed by atoms with Gasteiger partial charge in [0.25, 0.3) is 5.56 Å². The Balaban J connectivity index is 0.000000541. The number of rotatable bonds is 8. The molecule has 1 fully saturated rings. The molecule has 2 aromatic carbocycles. The van der Waals surface area contributed by atoms with E-state index in [4.69, 9.17) is 28.8 Å². The Hall–Kier alpha value is -4.70. The number of aromatic nitrogens is 4. The maximum absolute atomic E-state index is 12.8. The van der Waals surface area contributed by atoms with Gasteiger partial charge in [0, 0.05) is 31.1 Å². The Morgan fingerprint density at radius 1 is 1.07 bits per heavy atom. The highest BCUT2D eigenvalue weighted by Gasteiger charge is 2.38. The van der Waals surface area contributed by atoms with E-state index in [2.05, 4.69) is 30.2 Å². The lowest BCUT2D eigenvalue weighted by molar-refractivity contribution is -0.192. The van der Waals surface area contributed by atoms with Crippen LogP contribution in [0.15, 0.2) is 35.1 Å². The molecule has 4 aromatic rings. The maximum Gasteiger partial charge on any atom is 0.490 e. The van der Waals surface area contributed by atoms with Crippen molar-refractivity contribution in [2.24, 2.45) is 0 Å². The minimum absolute atomic E-state index is 0.236. The number of morpholine rings is 1. The number of carbonyl (C=O) groups is 1. The van der Waals surface area contributed by atoms with Gasteiger partial charge in [0.1, 0.15) is 29.4 Å². The fraction of sp³-hybridized carbons (Fsp3) is 0.370. The normalized spacial score (nSPS) is 13.7. The largest absolute Gasteiger partial charge is 0.497 e. The highest BCUT2D eigenvalue weighted by molar-refractivity contribution is 5.89. The Labute approximate surface area is 242 Å². The molecule has 16 heteroatoms. The summed E-state index contributed by atoms with van der Waals surface area (Å²) in [7, 11) is 3.16. The number of aromatic amines is 1. The van der Waals surface area contributed by atoms with Gasteiger partial charge in [0.05, 0.1) is 44.0 Å². The predicted molar refractivity (Wildman–Crippen MR) is 149 cm³/mol. The highest BCUT2D eigenvalue weighted by Crippen LogP contribution is 2.32. The van der Waals surface area contributed by atoms with Crippen LogP contribution in [-0.4, -0.2) is 95.8 Å². The molecule has 0 radical (unpaired) electrons. The number of benzene rings is 2. The van der Waals surface area contributed by atoms with Crippen molar-refractivity contribution in [2.75, 3.05) is 59.0 Å². The number of halogens is 3. The van der Waals surface area contributed by atoms with Crippen molar-refractivity contribution in [3.8, 4) is 17.2 Å². The van der Waals surface area contributed by atoms with Crippen LogP contribution in [0.1, 0.15) is 5.69 Å². The van der Waals surface area contributed by atoms with Crippen molar-refractivity contribution in [1.82, 2.24) is 24.8 Å². The molecule has 3 heterocycles. The van der Waals surface area contributed by atoms with E-state index >= 15 is 0 Å². The molecule has 3 N–H and O–H groups in total. The summed E-state index contributed by atoms with van der Waals surface area (Å²) in [6.07, 6.45) is -5.08. The Morgan fingerprint density at radius 3 is 2.42 bits per heavy atom. The molecule has 5 rings (SSSR count). The van der Waals surface area contributed by atoms with Gasteiger partial charge >= 0.3 is 12.1 Å². The highest BCUT2D eigenvalue weighted by atomic mass is 19.4. The minimum atomic E-state index is -5.08. The Bertz CT molecular complexity index is 1660. The zero-order chi connectivity index (χ0) is 31.1. The molecular formula is C27H29F3N6O7. The smallest absolute Gasteiger partial charge is 0.490 e. The van der Waals surface area contributed by atoms with Crippen molar-refractivity contribution in [3.05, 3.63) is 46.4 Å². The van der Waals surface area contributed by atoms with Gasteiger partial charge in [-0.25, -0.2) is 19.7 Å². The van der Waals surface area contributed by atoms with E-state index in [1.807, 2.05) is 19.1 Å². The lowest BCUT2D eigenvalue weighted by Crippen LogP contribution is -2.38. The van der Waals surface area contributed by atoms with Crippen LogP contribution in [0.4, 0.5) is 25.1 Å². The summed E-state index contributed by atoms with van der Waals surface area (Å²) in [6.45, 7) is 6.51. The number of anilines is 2. The van der Waals surface area contributed by atoms with Gasteiger partial charge in [0.2, 0.25) is 11.9 Å². The number of nitrogens with one attached hydrogen (secondary N) is 2. The van der Waals surface area contributed by atoms with Crippen LogP contribution in [0.25, 0.3) is 21.8 Å². The molecule has 43 heavy (non-hydrogen) atoms. The van der Waals surface area contributed by atoms with Crippen LogP contribution in [0.5, 0.6) is 17.2 Å². The number of H-pyrrole nitrogens is 1. The van der Waals surface area contributed by atoms with E-state index < -0.39 is 12.1 Å². The van der Waals surface area contributed by atoms with E-state index in [0.29, 0.717) is 40.3 Å². The Morgan fingerprint density at radius 2 is 1.77 bits per heavy atom. The monoisotopic (exact) mass is 606 g/mol. The average Bonchev–Trinajstić information content (AvgIpc) is 2.97. The van der Waals surface area contributed by atoms with Crippen LogP contribution in [-0.2, 0) is 9.53 Å². The van der Waals surface area contributed by atoms with Crippen LogP contribution >= 0.6 is 0 Å². The first kappa shape index (κ1) is 31.2. The number of aryl methyl sites for hydroxylation is 1. The summed E-state index contributed by atoms with van der Waals surface area (Å²) >= 11 is 0. The van der Waals surface area contributed by atoms with E-state index in [0.717, 1.165) is 43.9 Å². The van der Waals surface area contributed by atoms with Gasteiger partial charge in [-0.1, -0.05) is 0 Å². The SMILES string of the molecule is COc1cc(OC)c2nc(Nc3nc4ccc(OCCN5CCOCC5)cc4c(=O)[nH]3)nc(C)c2c1.O=C(O)C(F)(F)F. The molecular weight excluding hydrogens is 577 g/mol. The standard InChI is InChI=1S/C25H28N6O5.C2HF3O2/c1-15-18-13-17(33-2)14-21(34-3)22(18)28-24(26-15)30-25-27-20-5-4-16(12-19(20)23(32)29-25)36-11-8-31-6-9-35-10-7-31;3-2(4,5)1(6)7/h4-5,12-14H,6-11H2,1-3H3,(H2,26,27,28,29,30,32);(H,6,7). The van der Waals surface area contributed by atoms with Gasteiger partial charge in [-0.05, 0) is 31.2 Å². The van der Waals surface area contributed by atoms with Gasteiger partial charge in [-0.3, -0.25) is 20.0 Å². The molecule has 1 saturated heterocycles. The summed E-state index contributed by atoms with van der Waals surface area (Å²) < 4.78 is 53.8. The van der Waals surface area contributed by atoms with E-state index in [1.54, 1.807) is 32.4 Å². The lowest BCUT2D eigenvalue weighted by Gasteiger charge is -2.26. The number of carboxylic acids is 1. The molecule has 1 aliphatic heterocycles. The fourth-order valence-electron chi connectivity index (χ4n) is 4.14. The van der Waals surface area contributed by atoms with Gasteiger partial charge < -0.3 is 24.1 Å². The molecule has 0 aliphatic carbocycles. The molecule has 0 amide bonds. The van der Waals surface area contributed by atoms with Crippen molar-refractivity contribution >= 4 is 39.7 Å². The molecule has 230 valence electrons. The lowest BCUT2D eigenvalue weighted by atomic mass is 10.1. The number of methoxy groups -OCH3 is 2. The quantitative estimate of drug-likeness (QED) is 0.269. The summed E-state index contributed by atoms with van der Waals surface area (Å²) in [5, 5.41) is 11.4. The molecule has 0 spiro atoms. The number of hydrogen-bond acceptors (Lipinski definition) is 11. The average molecular weight is 607 g/mol. The van der Waals surface area contributed by atoms with E-state index in [9.17, 15) is 18.0 Å². The zero-order valence-electron chi connectivity index (χ0n) is 23.4. The molecule has 2 aromatic heterocycles. The van der Waals surface area contributed by atoms with Crippen molar-refractivity contribution in [1.29, 1.82) is 0 Å². The van der Waals surface area contributed by atoms with Crippen molar-refractivity contribution in [3.63, 3.8) is 0 Å². The molecule has 0 unspecified atom stereocenters. The third kappa shape index (κ3) is 7.98. The molecule has 13 nitrogen and oxygen atoms in total. The molecule has 1 aliphatic rings. The summed E-state index contributed by atoms with van der Waals surface area (Å²) in [5.41, 5.74) is 1.58. The van der Waals surface area contributed by atoms with E-state index in [1.165, 1.54) is 0 Å². The third-order valence-electron chi connectivity index (χ3n) is 6.31. The third-order valence-corrected chi connectivity index (χ3v) is 6.31. The van der Waals surface area contributed by atoms with Crippen molar-refractivity contribution < 1.29 is 42.0 Å². The summed E-state index contributed by atoms with van der Waals surface area (Å²) in [4.78, 5) is 40.4. The predicted octanol–water partition coefficient (Wildman–Crippen LogP) is 3.28. The van der Waals surface area contributed by atoms with Crippen LogP contribution in [0.3, 0.4) is 0 Å². The fourth-order valence-corrected chi connectivity index (χ4v) is 4.14. The second kappa shape index (κ2) is 13.5. The number of fused-ring (bicyclic) bond motifs is 2.